The van der Waals surface area contributed by atoms with E-state index >= 15 is 0 Å². The molecular weight excluding hydrogens is 516 g/mol. The first-order valence-corrected chi connectivity index (χ1v) is 13.6. The van der Waals surface area contributed by atoms with Crippen LogP contribution in [-0.4, -0.2) is 75.5 Å². The van der Waals surface area contributed by atoms with E-state index in [1.54, 1.807) is 19.1 Å². The Balaban J connectivity index is 1.54. The van der Waals surface area contributed by atoms with Crippen LogP contribution < -0.4 is 14.4 Å². The summed E-state index contributed by atoms with van der Waals surface area (Å²) in [6.07, 6.45) is -0.110. The second-order valence-corrected chi connectivity index (χ2v) is 10.5. The number of benzene rings is 3. The molecule has 0 fully saturated rings. The number of fused-ring (bicyclic) bond motifs is 1. The summed E-state index contributed by atoms with van der Waals surface area (Å²) in [5.74, 6) is 0.160. The van der Waals surface area contributed by atoms with E-state index in [0.29, 0.717) is 18.8 Å². The monoisotopic (exact) mass is 550 g/mol. The molecule has 1 heterocycles. The number of likely N-dealkylation sites (N-methyl/N-ethyl adjacent to an activating group) is 1. The summed E-state index contributed by atoms with van der Waals surface area (Å²) in [5, 5.41) is 8.91. The molecule has 3 aromatic rings. The Morgan fingerprint density at radius 2 is 1.59 bits per heavy atom. The summed E-state index contributed by atoms with van der Waals surface area (Å²) >= 11 is 1.51. The molecule has 2 atom stereocenters. The number of hydrogen-bond donors (Lipinski definition) is 1. The Hall–Kier alpha value is -3.53. The summed E-state index contributed by atoms with van der Waals surface area (Å²) in [5.41, 5.74) is 2.87. The number of carboxylic acid groups (broad SMARTS) is 1. The Morgan fingerprint density at radius 3 is 2.23 bits per heavy atom. The second kappa shape index (κ2) is 13.5. The average Bonchev–Trinajstić information content (AvgIpc) is 3.07. The number of hydrogen-bond acceptors (Lipinski definition) is 7. The van der Waals surface area contributed by atoms with Gasteiger partial charge in [0.15, 0.2) is 6.10 Å². The standard InChI is InChI=1S/C30H34N2O6S/c1-31(17-16-21-8-12-23(36-2)13-9-21)18-19-32-25-6-4-5-7-26(25)39-29(22-10-14-24(37-3)15-11-22)28(30(32)35)38-20-27(33)34/h4-15,28-29H,16-20H2,1-3H3,(H,33,34). The lowest BCUT2D eigenvalue weighted by atomic mass is 10.1. The van der Waals surface area contributed by atoms with E-state index in [0.717, 1.165) is 34.9 Å². The summed E-state index contributed by atoms with van der Waals surface area (Å²) in [4.78, 5) is 30.3. The summed E-state index contributed by atoms with van der Waals surface area (Å²) in [6, 6.07) is 23.3. The Labute approximate surface area is 233 Å². The zero-order valence-corrected chi connectivity index (χ0v) is 23.2. The van der Waals surface area contributed by atoms with Crippen LogP contribution in [0.2, 0.25) is 0 Å². The molecule has 3 aromatic carbocycles. The maximum absolute atomic E-state index is 14.0. The van der Waals surface area contributed by atoms with Gasteiger partial charge in [0.05, 0.1) is 25.2 Å². The van der Waals surface area contributed by atoms with E-state index in [1.165, 1.54) is 17.3 Å². The molecule has 1 aliphatic rings. The van der Waals surface area contributed by atoms with Gasteiger partial charge < -0.3 is 29.1 Å². The molecule has 9 heteroatoms. The van der Waals surface area contributed by atoms with Crippen molar-refractivity contribution in [1.29, 1.82) is 0 Å². The number of carbonyl (C=O) groups excluding carboxylic acids is 1. The van der Waals surface area contributed by atoms with Crippen molar-refractivity contribution in [3.8, 4) is 11.5 Å². The Bertz CT molecular complexity index is 1250. The smallest absolute Gasteiger partial charge is 0.329 e. The van der Waals surface area contributed by atoms with Crippen LogP contribution in [0.5, 0.6) is 11.5 Å². The third-order valence-electron chi connectivity index (χ3n) is 6.67. The van der Waals surface area contributed by atoms with Crippen molar-refractivity contribution in [3.63, 3.8) is 0 Å². The van der Waals surface area contributed by atoms with Gasteiger partial charge in [-0.2, -0.15) is 0 Å². The number of thioether (sulfide) groups is 1. The largest absolute Gasteiger partial charge is 0.497 e. The molecule has 0 bridgehead atoms. The normalized spacial score (nSPS) is 17.0. The van der Waals surface area contributed by atoms with Gasteiger partial charge in [-0.05, 0) is 61.0 Å². The highest BCUT2D eigenvalue weighted by Crippen LogP contribution is 2.46. The third kappa shape index (κ3) is 7.32. The molecule has 0 saturated heterocycles. The molecule has 39 heavy (non-hydrogen) atoms. The van der Waals surface area contributed by atoms with E-state index in [4.69, 9.17) is 14.2 Å². The fraction of sp³-hybridized carbons (Fsp3) is 0.333. The van der Waals surface area contributed by atoms with Crippen molar-refractivity contribution in [2.45, 2.75) is 22.7 Å². The second-order valence-electron chi connectivity index (χ2n) is 9.30. The fourth-order valence-electron chi connectivity index (χ4n) is 4.46. The molecule has 0 spiro atoms. The van der Waals surface area contributed by atoms with E-state index < -0.39 is 23.9 Å². The highest BCUT2D eigenvalue weighted by Gasteiger charge is 2.39. The van der Waals surface area contributed by atoms with E-state index in [2.05, 4.69) is 17.0 Å². The molecule has 1 amide bonds. The van der Waals surface area contributed by atoms with Gasteiger partial charge in [-0.1, -0.05) is 36.4 Å². The fourth-order valence-corrected chi connectivity index (χ4v) is 5.80. The summed E-state index contributed by atoms with van der Waals surface area (Å²) < 4.78 is 16.3. The minimum Gasteiger partial charge on any atom is -0.497 e. The van der Waals surface area contributed by atoms with E-state index in [-0.39, 0.29) is 5.91 Å². The van der Waals surface area contributed by atoms with Crippen molar-refractivity contribution in [2.75, 3.05) is 52.4 Å². The van der Waals surface area contributed by atoms with Crippen molar-refractivity contribution in [3.05, 3.63) is 83.9 Å². The number of rotatable bonds is 12. The van der Waals surface area contributed by atoms with Crippen molar-refractivity contribution in [1.82, 2.24) is 4.90 Å². The van der Waals surface area contributed by atoms with Crippen molar-refractivity contribution >= 4 is 29.3 Å². The molecule has 8 nitrogen and oxygen atoms in total. The topological polar surface area (TPSA) is 88.5 Å². The third-order valence-corrected chi connectivity index (χ3v) is 8.04. The van der Waals surface area contributed by atoms with Gasteiger partial charge in [-0.15, -0.1) is 11.8 Å². The van der Waals surface area contributed by atoms with Crippen LogP contribution in [0.15, 0.2) is 77.7 Å². The summed E-state index contributed by atoms with van der Waals surface area (Å²) in [6.45, 7) is 1.34. The van der Waals surface area contributed by atoms with Gasteiger partial charge in [0.2, 0.25) is 0 Å². The lowest BCUT2D eigenvalue weighted by Crippen LogP contribution is -2.45. The zero-order chi connectivity index (χ0) is 27.8. The Kier molecular flexibility index (Phi) is 9.86. The van der Waals surface area contributed by atoms with Crippen molar-refractivity contribution < 1.29 is 28.9 Å². The molecule has 0 aliphatic carbocycles. The maximum atomic E-state index is 14.0. The first-order valence-electron chi connectivity index (χ1n) is 12.8. The number of nitrogens with zero attached hydrogens (tertiary/aromatic N) is 2. The predicted molar refractivity (Wildman–Crippen MR) is 152 cm³/mol. The number of amides is 1. The molecule has 4 rings (SSSR count). The molecule has 1 aliphatic heterocycles. The number of carboxylic acids is 1. The highest BCUT2D eigenvalue weighted by atomic mass is 32.2. The maximum Gasteiger partial charge on any atom is 0.329 e. The summed E-state index contributed by atoms with van der Waals surface area (Å²) in [7, 11) is 5.28. The SMILES string of the molecule is COc1ccc(CCN(C)CCN2C(=O)C(OCC(=O)O)C(c3ccc(OC)cc3)Sc3ccccc32)cc1. The van der Waals surface area contributed by atoms with Crippen molar-refractivity contribution in [2.24, 2.45) is 0 Å². The first-order chi connectivity index (χ1) is 18.9. The van der Waals surface area contributed by atoms with Gasteiger partial charge in [0, 0.05) is 24.5 Å². The first kappa shape index (κ1) is 28.5. The van der Waals surface area contributed by atoms with E-state index in [1.807, 2.05) is 67.7 Å². The molecule has 2 unspecified atom stereocenters. The average molecular weight is 551 g/mol. The van der Waals surface area contributed by atoms with E-state index in [9.17, 15) is 14.7 Å². The van der Waals surface area contributed by atoms with Gasteiger partial charge >= 0.3 is 5.97 Å². The Morgan fingerprint density at radius 1 is 0.949 bits per heavy atom. The van der Waals surface area contributed by atoms with Crippen LogP contribution in [-0.2, 0) is 20.7 Å². The van der Waals surface area contributed by atoms with Gasteiger partial charge in [-0.25, -0.2) is 4.79 Å². The van der Waals surface area contributed by atoms with Crippen LogP contribution in [0.25, 0.3) is 0 Å². The molecule has 0 radical (unpaired) electrons. The number of methoxy groups -OCH3 is 2. The number of aliphatic carboxylic acids is 1. The lowest BCUT2D eigenvalue weighted by Gasteiger charge is -2.29. The minimum atomic E-state index is -1.12. The number of carbonyl (C=O) groups is 2. The highest BCUT2D eigenvalue weighted by molar-refractivity contribution is 7.99. The van der Waals surface area contributed by atoms with Crippen LogP contribution in [0.4, 0.5) is 5.69 Å². The molecule has 1 N–H and O–H groups in total. The van der Waals surface area contributed by atoms with Crippen LogP contribution in [0.3, 0.4) is 0 Å². The molecular formula is C30H34N2O6S. The number of anilines is 1. The molecule has 0 saturated carbocycles. The van der Waals surface area contributed by atoms with Crippen LogP contribution in [0.1, 0.15) is 16.4 Å². The van der Waals surface area contributed by atoms with Crippen LogP contribution in [0, 0.1) is 0 Å². The van der Waals surface area contributed by atoms with Crippen LogP contribution >= 0.6 is 11.8 Å². The van der Waals surface area contributed by atoms with Gasteiger partial charge in [0.25, 0.3) is 5.91 Å². The molecule has 206 valence electrons. The minimum absolute atomic E-state index is 0.252. The number of para-hydroxylation sites is 1. The zero-order valence-electron chi connectivity index (χ0n) is 22.4. The predicted octanol–water partition coefficient (Wildman–Crippen LogP) is 4.53. The molecule has 0 aromatic heterocycles. The van der Waals surface area contributed by atoms with Gasteiger partial charge in [-0.3, -0.25) is 4.79 Å². The quantitative estimate of drug-likeness (QED) is 0.352. The number of ether oxygens (including phenoxy) is 3. The lowest BCUT2D eigenvalue weighted by molar-refractivity contribution is -0.147. The van der Waals surface area contributed by atoms with Gasteiger partial charge in [0.1, 0.15) is 18.1 Å².